The number of rotatable bonds is 17. The van der Waals surface area contributed by atoms with E-state index in [1.165, 1.54) is 44.2 Å². The summed E-state index contributed by atoms with van der Waals surface area (Å²) in [5.41, 5.74) is 13.5. The van der Waals surface area contributed by atoms with Gasteiger partial charge in [0.1, 0.15) is 11.7 Å². The van der Waals surface area contributed by atoms with Crippen LogP contribution in [0.2, 0.25) is 0 Å². The maximum absolute atomic E-state index is 10.5. The Morgan fingerprint density at radius 2 is 1.51 bits per heavy atom. The van der Waals surface area contributed by atoms with E-state index in [0.717, 1.165) is 50.7 Å². The number of imidazole rings is 1. The van der Waals surface area contributed by atoms with Gasteiger partial charge in [-0.25, -0.2) is 9.13 Å². The van der Waals surface area contributed by atoms with Crippen molar-refractivity contribution in [3.05, 3.63) is 36.7 Å². The number of aliphatic carboxylic acids is 1. The highest BCUT2D eigenvalue weighted by atomic mass is 19.4. The topological polar surface area (TPSA) is 129 Å². The van der Waals surface area contributed by atoms with Crippen molar-refractivity contribution in [2.75, 3.05) is 31.1 Å². The molecule has 12 heteroatoms. The second kappa shape index (κ2) is 19.1. The van der Waals surface area contributed by atoms with Crippen LogP contribution in [0.5, 0.6) is 0 Å². The second-order valence-corrected chi connectivity index (χ2v) is 9.17. The van der Waals surface area contributed by atoms with Crippen molar-refractivity contribution in [3.63, 3.8) is 0 Å². The lowest BCUT2D eigenvalue weighted by atomic mass is 10.2. The second-order valence-electron chi connectivity index (χ2n) is 9.17. The molecule has 0 spiro atoms. The maximum atomic E-state index is 10.5. The average molecular weight is 556 g/mol. The highest BCUT2D eigenvalue weighted by Gasteiger charge is 2.28. The third-order valence-corrected chi connectivity index (χ3v) is 5.91. The molecular formula is C27H44F3N7O2. The molecule has 39 heavy (non-hydrogen) atoms. The van der Waals surface area contributed by atoms with Crippen molar-refractivity contribution in [2.24, 2.45) is 21.7 Å². The minimum Gasteiger partial charge on any atom is -0.542 e. The highest BCUT2D eigenvalue weighted by molar-refractivity contribution is 5.70. The molecule has 9 nitrogen and oxygen atoms in total. The van der Waals surface area contributed by atoms with Crippen LogP contribution >= 0.6 is 0 Å². The Kier molecular flexibility index (Phi) is 16.7. The number of carbonyl (C=O) groups excluding carboxylic acids is 1. The van der Waals surface area contributed by atoms with Gasteiger partial charge in [-0.1, -0.05) is 44.6 Å². The van der Waals surface area contributed by atoms with E-state index < -0.39 is 12.1 Å². The molecule has 0 saturated carbocycles. The maximum Gasteiger partial charge on any atom is 0.430 e. The molecule has 2 rings (SSSR count). The quantitative estimate of drug-likeness (QED) is 0.170. The molecule has 1 aromatic heterocycles. The van der Waals surface area contributed by atoms with Crippen LogP contribution in [0.15, 0.2) is 46.9 Å². The van der Waals surface area contributed by atoms with Gasteiger partial charge in [0.05, 0.1) is 25.5 Å². The molecule has 1 aromatic carbocycles. The zero-order valence-electron chi connectivity index (χ0n) is 23.2. The van der Waals surface area contributed by atoms with Gasteiger partial charge in [-0.15, -0.1) is 0 Å². The van der Waals surface area contributed by atoms with Gasteiger partial charge < -0.3 is 26.3 Å². The van der Waals surface area contributed by atoms with Gasteiger partial charge in [0, 0.05) is 23.9 Å². The lowest BCUT2D eigenvalue weighted by Gasteiger charge is -2.25. The number of anilines is 1. The summed E-state index contributed by atoms with van der Waals surface area (Å²) >= 11 is 0. The molecule has 0 amide bonds. The molecule has 0 unspecified atom stereocenters. The first-order valence-electron chi connectivity index (χ1n) is 13.7. The van der Waals surface area contributed by atoms with Gasteiger partial charge in [0.15, 0.2) is 0 Å². The molecule has 0 aliphatic carbocycles. The number of benzene rings is 1. The lowest BCUT2D eigenvalue weighted by Crippen LogP contribution is -2.37. The number of carbonyl (C=O) groups is 1. The number of nitrogens with zero attached hydrogens (tertiary/aromatic N) is 5. The predicted molar refractivity (Wildman–Crippen MR) is 145 cm³/mol. The summed E-state index contributed by atoms with van der Waals surface area (Å²) in [6.45, 7) is 9.75. The summed E-state index contributed by atoms with van der Waals surface area (Å²) in [5.74, 6) is -2.16. The van der Waals surface area contributed by atoms with E-state index >= 15 is 0 Å². The monoisotopic (exact) mass is 555 g/mol. The molecule has 0 fully saturated rings. The van der Waals surface area contributed by atoms with Crippen molar-refractivity contribution >= 4 is 23.3 Å². The molecule has 0 atom stereocenters. The molecule has 0 aliphatic rings. The SMILES string of the molecule is CCCCCN(CCCCC)c1ccc(N=Nc2n(CCCN)cc[n+]2CCCN)cc1.O=C([O-])C(F)(F)F. The van der Waals surface area contributed by atoms with Gasteiger partial charge in [-0.2, -0.15) is 13.2 Å². The van der Waals surface area contributed by atoms with Gasteiger partial charge in [-0.3, -0.25) is 0 Å². The standard InChI is InChI=1S/C25H44N7.C2HF3O2/c1-3-5-7-17-30(18-8-6-4-2)24-13-11-23(12-14-24)28-29-25-31(19-9-15-26)21-22-32(25)20-10-16-27;3-2(4,5)1(6)7/h11-14,21-22H,3-10,15-20,26-27H2,1-2H3;(H,6,7)/q+1;/p-1. The van der Waals surface area contributed by atoms with Crippen molar-refractivity contribution < 1.29 is 27.6 Å². The van der Waals surface area contributed by atoms with E-state index in [1.807, 2.05) is 12.4 Å². The summed E-state index contributed by atoms with van der Waals surface area (Å²) in [4.78, 5) is 11.3. The highest BCUT2D eigenvalue weighted by Crippen LogP contribution is 2.23. The number of aryl methyl sites for hydroxylation is 2. The normalized spacial score (nSPS) is 11.5. The molecule has 0 saturated heterocycles. The first kappa shape index (κ1) is 34.0. The summed E-state index contributed by atoms with van der Waals surface area (Å²) in [7, 11) is 0. The number of nitrogens with two attached hydrogens (primary N) is 2. The minimum absolute atomic E-state index is 0.659. The number of hydrogen-bond acceptors (Lipinski definition) is 7. The number of aromatic nitrogens is 2. The van der Waals surface area contributed by atoms with Crippen molar-refractivity contribution in [3.8, 4) is 0 Å². The first-order chi connectivity index (χ1) is 18.7. The lowest BCUT2D eigenvalue weighted by molar-refractivity contribution is -0.683. The van der Waals surface area contributed by atoms with Crippen LogP contribution in [0.25, 0.3) is 0 Å². The van der Waals surface area contributed by atoms with Gasteiger partial charge in [-0.05, 0) is 63.0 Å². The molecule has 1 heterocycles. The minimum atomic E-state index is -5.19. The van der Waals surface area contributed by atoms with E-state index in [9.17, 15) is 13.2 Å². The van der Waals surface area contributed by atoms with Crippen molar-refractivity contribution in [1.82, 2.24) is 4.57 Å². The number of carboxylic acid groups (broad SMARTS) is 1. The smallest absolute Gasteiger partial charge is 0.430 e. The van der Waals surface area contributed by atoms with Crippen LogP contribution in [0.3, 0.4) is 0 Å². The first-order valence-corrected chi connectivity index (χ1v) is 13.7. The predicted octanol–water partition coefficient (Wildman–Crippen LogP) is 4.37. The fourth-order valence-corrected chi connectivity index (χ4v) is 3.75. The molecular weight excluding hydrogens is 511 g/mol. The Balaban J connectivity index is 0.000000956. The van der Waals surface area contributed by atoms with Crippen LogP contribution in [-0.2, 0) is 17.9 Å². The van der Waals surface area contributed by atoms with Crippen molar-refractivity contribution in [1.29, 1.82) is 0 Å². The molecule has 220 valence electrons. The van der Waals surface area contributed by atoms with E-state index in [0.29, 0.717) is 13.1 Å². The number of carboxylic acids is 1. The zero-order chi connectivity index (χ0) is 29.1. The number of halogens is 3. The van der Waals surface area contributed by atoms with Crippen LogP contribution < -0.4 is 26.0 Å². The number of alkyl halides is 3. The summed E-state index contributed by atoms with van der Waals surface area (Å²) in [5, 5.41) is 17.9. The largest absolute Gasteiger partial charge is 0.542 e. The third-order valence-electron chi connectivity index (χ3n) is 5.91. The Labute approximate surface area is 229 Å². The van der Waals surface area contributed by atoms with E-state index in [-0.39, 0.29) is 0 Å². The molecule has 0 aliphatic heterocycles. The summed E-state index contributed by atoms with van der Waals surface area (Å²) in [6.07, 6.45) is 8.28. The van der Waals surface area contributed by atoms with Crippen LogP contribution in [0, 0.1) is 0 Å². The van der Waals surface area contributed by atoms with Gasteiger partial charge >= 0.3 is 12.1 Å². The van der Waals surface area contributed by atoms with Crippen LogP contribution in [-0.4, -0.2) is 42.9 Å². The zero-order valence-corrected chi connectivity index (χ0v) is 23.2. The average Bonchev–Trinajstić information content (AvgIpc) is 3.30. The number of azo groups is 1. The van der Waals surface area contributed by atoms with E-state index in [2.05, 4.69) is 62.4 Å². The van der Waals surface area contributed by atoms with Gasteiger partial charge in [0.2, 0.25) is 0 Å². The van der Waals surface area contributed by atoms with E-state index in [4.69, 9.17) is 21.4 Å². The van der Waals surface area contributed by atoms with Crippen molar-refractivity contribution in [2.45, 2.75) is 84.5 Å². The molecule has 4 N–H and O–H groups in total. The molecule has 2 aromatic rings. The number of hydrogen-bond donors (Lipinski definition) is 2. The summed E-state index contributed by atoms with van der Waals surface area (Å²) < 4.78 is 35.8. The number of unbranched alkanes of at least 4 members (excludes halogenated alkanes) is 4. The third kappa shape index (κ3) is 13.6. The van der Waals surface area contributed by atoms with Crippen LogP contribution in [0.4, 0.5) is 30.5 Å². The van der Waals surface area contributed by atoms with E-state index in [1.54, 1.807) is 0 Å². The molecule has 0 radical (unpaired) electrons. The summed E-state index contributed by atoms with van der Waals surface area (Å²) in [6, 6.07) is 8.51. The molecule has 0 bridgehead atoms. The Morgan fingerprint density at radius 3 is 2.00 bits per heavy atom. The fourth-order valence-electron chi connectivity index (χ4n) is 3.75. The van der Waals surface area contributed by atoms with Gasteiger partial charge in [0.25, 0.3) is 0 Å². The Morgan fingerprint density at radius 1 is 0.949 bits per heavy atom. The Hall–Kier alpha value is -2.99. The van der Waals surface area contributed by atoms with Crippen LogP contribution in [0.1, 0.15) is 65.2 Å². The Bertz CT molecular complexity index is 928. The fraction of sp³-hybridized carbons (Fsp3) is 0.630.